The molecule has 0 atom stereocenters. The first-order valence-corrected chi connectivity index (χ1v) is 11.8. The maximum absolute atomic E-state index is 13.8. The van der Waals surface area contributed by atoms with Gasteiger partial charge in [0.15, 0.2) is 0 Å². The van der Waals surface area contributed by atoms with Gasteiger partial charge in [-0.3, -0.25) is 19.3 Å². The van der Waals surface area contributed by atoms with Crippen LogP contribution in [0, 0.1) is 11.6 Å². The van der Waals surface area contributed by atoms with E-state index in [1.807, 2.05) is 36.4 Å². The number of nitrogens with zero attached hydrogens (tertiary/aromatic N) is 1. The predicted molar refractivity (Wildman–Crippen MR) is 132 cm³/mol. The highest BCUT2D eigenvalue weighted by Crippen LogP contribution is 2.37. The van der Waals surface area contributed by atoms with Gasteiger partial charge in [0.25, 0.3) is 11.1 Å². The van der Waals surface area contributed by atoms with Crippen molar-refractivity contribution in [1.82, 2.24) is 4.90 Å². The molecule has 0 radical (unpaired) electrons. The van der Waals surface area contributed by atoms with Crippen molar-refractivity contribution in [3.8, 4) is 5.75 Å². The van der Waals surface area contributed by atoms with Gasteiger partial charge in [0, 0.05) is 11.6 Å². The van der Waals surface area contributed by atoms with Crippen LogP contribution in [0.2, 0.25) is 0 Å². The van der Waals surface area contributed by atoms with Crippen LogP contribution in [-0.4, -0.2) is 35.1 Å². The molecule has 3 aromatic carbocycles. The van der Waals surface area contributed by atoms with E-state index in [1.165, 1.54) is 0 Å². The van der Waals surface area contributed by atoms with E-state index in [-0.39, 0.29) is 10.6 Å². The third-order valence-electron chi connectivity index (χ3n) is 5.34. The topological polar surface area (TPSA) is 75.7 Å². The molecule has 1 saturated heterocycles. The van der Waals surface area contributed by atoms with Gasteiger partial charge in [-0.1, -0.05) is 43.7 Å². The van der Waals surface area contributed by atoms with Gasteiger partial charge in [-0.25, -0.2) is 8.78 Å². The highest BCUT2D eigenvalue weighted by atomic mass is 32.2. The average molecular weight is 497 g/mol. The number of ether oxygens (including phenoxy) is 1. The Bertz CT molecular complexity index is 1340. The molecule has 0 spiro atoms. The molecular formula is C26H22F2N2O4S. The molecule has 9 heteroatoms. The first kappa shape index (κ1) is 24.4. The SMILES string of the molecule is CCCCOc1ccc2ccccc2c1C=C1SC(=O)N(CC(=O)Nc2ccc(F)cc2F)C1=O. The molecule has 3 amide bonds. The zero-order valence-electron chi connectivity index (χ0n) is 18.8. The van der Waals surface area contributed by atoms with E-state index in [9.17, 15) is 23.2 Å². The van der Waals surface area contributed by atoms with Gasteiger partial charge in [0.2, 0.25) is 5.91 Å². The van der Waals surface area contributed by atoms with Gasteiger partial charge in [0.1, 0.15) is 23.9 Å². The Kier molecular flexibility index (Phi) is 7.45. The molecule has 0 unspecified atom stereocenters. The van der Waals surface area contributed by atoms with Crippen molar-refractivity contribution < 1.29 is 27.9 Å². The maximum atomic E-state index is 13.8. The molecule has 0 saturated carbocycles. The van der Waals surface area contributed by atoms with E-state index in [4.69, 9.17) is 4.74 Å². The van der Waals surface area contributed by atoms with E-state index >= 15 is 0 Å². The van der Waals surface area contributed by atoms with Crippen LogP contribution in [0.4, 0.5) is 19.3 Å². The Labute approximate surface area is 204 Å². The minimum absolute atomic E-state index is 0.146. The second-order valence-electron chi connectivity index (χ2n) is 7.84. The van der Waals surface area contributed by atoms with Crippen LogP contribution in [0.15, 0.2) is 59.5 Å². The highest BCUT2D eigenvalue weighted by molar-refractivity contribution is 8.18. The standard InChI is InChI=1S/C26H22F2N2O4S/c1-2-3-12-34-22-11-8-16-6-4-5-7-18(16)19(22)14-23-25(32)30(26(33)35-23)15-24(31)29-21-10-9-17(27)13-20(21)28/h4-11,13-14H,2-3,12,15H2,1H3,(H,29,31). The molecule has 35 heavy (non-hydrogen) atoms. The second-order valence-corrected chi connectivity index (χ2v) is 8.83. The molecule has 180 valence electrons. The van der Waals surface area contributed by atoms with Crippen molar-refractivity contribution in [2.45, 2.75) is 19.8 Å². The monoisotopic (exact) mass is 496 g/mol. The van der Waals surface area contributed by atoms with Gasteiger partial charge in [-0.2, -0.15) is 0 Å². The largest absolute Gasteiger partial charge is 0.493 e. The first-order valence-electron chi connectivity index (χ1n) is 11.0. The number of hydrogen-bond donors (Lipinski definition) is 1. The molecule has 0 aliphatic carbocycles. The Morgan fingerprint density at radius 1 is 1.11 bits per heavy atom. The van der Waals surface area contributed by atoms with Crippen molar-refractivity contribution >= 4 is 51.4 Å². The minimum atomic E-state index is -0.959. The number of fused-ring (bicyclic) bond motifs is 1. The Balaban J connectivity index is 1.57. The number of thioether (sulfide) groups is 1. The number of hydrogen-bond acceptors (Lipinski definition) is 5. The normalized spacial score (nSPS) is 14.7. The summed E-state index contributed by atoms with van der Waals surface area (Å²) in [6.45, 7) is 1.97. The zero-order chi connectivity index (χ0) is 24.9. The quantitative estimate of drug-likeness (QED) is 0.307. The number of imide groups is 1. The van der Waals surface area contributed by atoms with Crippen LogP contribution < -0.4 is 10.1 Å². The summed E-state index contributed by atoms with van der Waals surface area (Å²) in [6, 6.07) is 14.1. The van der Waals surface area contributed by atoms with E-state index in [1.54, 1.807) is 6.08 Å². The van der Waals surface area contributed by atoms with Gasteiger partial charge in [-0.05, 0) is 53.2 Å². The number of amides is 3. The van der Waals surface area contributed by atoms with Crippen molar-refractivity contribution in [1.29, 1.82) is 0 Å². The molecule has 0 aromatic heterocycles. The molecular weight excluding hydrogens is 474 g/mol. The van der Waals surface area contributed by atoms with E-state index in [0.717, 1.165) is 40.6 Å². The van der Waals surface area contributed by atoms with Gasteiger partial charge >= 0.3 is 0 Å². The molecule has 3 aromatic rings. The lowest BCUT2D eigenvalue weighted by atomic mass is 10.0. The summed E-state index contributed by atoms with van der Waals surface area (Å²) in [5, 5.41) is 3.44. The number of nitrogens with one attached hydrogen (secondary N) is 1. The molecule has 0 bridgehead atoms. The zero-order valence-corrected chi connectivity index (χ0v) is 19.7. The Morgan fingerprint density at radius 3 is 2.69 bits per heavy atom. The molecule has 4 rings (SSSR count). The number of halogens is 2. The van der Waals surface area contributed by atoms with Crippen molar-refractivity contribution in [2.75, 3.05) is 18.5 Å². The van der Waals surface area contributed by atoms with Crippen molar-refractivity contribution in [3.05, 3.63) is 76.7 Å². The van der Waals surface area contributed by atoms with Crippen molar-refractivity contribution in [3.63, 3.8) is 0 Å². The number of carbonyl (C=O) groups is 3. The number of anilines is 1. The summed E-state index contributed by atoms with van der Waals surface area (Å²) < 4.78 is 32.9. The Hall–Kier alpha value is -3.72. The number of carbonyl (C=O) groups excluding carboxylic acids is 3. The van der Waals surface area contributed by atoms with Gasteiger partial charge in [-0.15, -0.1) is 0 Å². The molecule has 1 N–H and O–H groups in total. The van der Waals surface area contributed by atoms with Gasteiger partial charge in [0.05, 0.1) is 17.2 Å². The summed E-state index contributed by atoms with van der Waals surface area (Å²) in [6.07, 6.45) is 3.43. The third kappa shape index (κ3) is 5.51. The van der Waals surface area contributed by atoms with Crippen LogP contribution >= 0.6 is 11.8 Å². The van der Waals surface area contributed by atoms with Crippen LogP contribution in [0.3, 0.4) is 0 Å². The lowest BCUT2D eigenvalue weighted by molar-refractivity contribution is -0.127. The fourth-order valence-corrected chi connectivity index (χ4v) is 4.39. The first-order chi connectivity index (χ1) is 16.9. The van der Waals surface area contributed by atoms with E-state index in [2.05, 4.69) is 12.2 Å². The Morgan fingerprint density at radius 2 is 1.91 bits per heavy atom. The van der Waals surface area contributed by atoms with Crippen LogP contribution in [0.1, 0.15) is 25.3 Å². The second kappa shape index (κ2) is 10.7. The summed E-state index contributed by atoms with van der Waals surface area (Å²) in [5.74, 6) is -2.58. The van der Waals surface area contributed by atoms with E-state index in [0.29, 0.717) is 35.7 Å². The summed E-state index contributed by atoms with van der Waals surface area (Å²) in [4.78, 5) is 38.8. The predicted octanol–water partition coefficient (Wildman–Crippen LogP) is 5.97. The minimum Gasteiger partial charge on any atom is -0.493 e. The van der Waals surface area contributed by atoms with Crippen LogP contribution in [-0.2, 0) is 9.59 Å². The van der Waals surface area contributed by atoms with Gasteiger partial charge < -0.3 is 10.1 Å². The summed E-state index contributed by atoms with van der Waals surface area (Å²) in [7, 11) is 0. The molecule has 6 nitrogen and oxygen atoms in total. The molecule has 1 aliphatic heterocycles. The molecule has 1 aliphatic rings. The maximum Gasteiger partial charge on any atom is 0.294 e. The lowest BCUT2D eigenvalue weighted by Crippen LogP contribution is -2.36. The fourth-order valence-electron chi connectivity index (χ4n) is 3.57. The number of rotatable bonds is 8. The van der Waals surface area contributed by atoms with E-state index < -0.39 is 35.2 Å². The molecule has 1 fully saturated rings. The fraction of sp³-hybridized carbons (Fsp3) is 0.192. The third-order valence-corrected chi connectivity index (χ3v) is 6.25. The summed E-state index contributed by atoms with van der Waals surface area (Å²) in [5.41, 5.74) is 0.422. The summed E-state index contributed by atoms with van der Waals surface area (Å²) >= 11 is 0.715. The highest BCUT2D eigenvalue weighted by Gasteiger charge is 2.36. The van der Waals surface area contributed by atoms with Crippen LogP contribution in [0.25, 0.3) is 16.8 Å². The number of unbranched alkanes of at least 4 members (excludes halogenated alkanes) is 1. The lowest BCUT2D eigenvalue weighted by Gasteiger charge is -2.13. The number of benzene rings is 3. The van der Waals surface area contributed by atoms with Crippen molar-refractivity contribution in [2.24, 2.45) is 0 Å². The average Bonchev–Trinajstić information content (AvgIpc) is 3.09. The molecule has 1 heterocycles. The van der Waals surface area contributed by atoms with Crippen LogP contribution in [0.5, 0.6) is 5.75 Å². The smallest absolute Gasteiger partial charge is 0.294 e.